The quantitative estimate of drug-likeness (QED) is 0.790. The van der Waals surface area contributed by atoms with Crippen LogP contribution in [0, 0.1) is 0 Å². The molecule has 6 heteroatoms. The second kappa shape index (κ2) is 4.81. The lowest BCUT2D eigenvalue weighted by molar-refractivity contribution is -0.122. The third-order valence-electron chi connectivity index (χ3n) is 3.27. The van der Waals surface area contributed by atoms with Gasteiger partial charge in [-0.25, -0.2) is 0 Å². The van der Waals surface area contributed by atoms with Crippen LogP contribution < -0.4 is 15.5 Å². The fourth-order valence-electron chi connectivity index (χ4n) is 2.33. The van der Waals surface area contributed by atoms with E-state index in [-0.39, 0.29) is 11.9 Å². The van der Waals surface area contributed by atoms with Crippen molar-refractivity contribution in [1.29, 1.82) is 0 Å². The van der Waals surface area contributed by atoms with Crippen LogP contribution in [0.1, 0.15) is 6.42 Å². The van der Waals surface area contributed by atoms with Gasteiger partial charge >= 0.3 is 0 Å². The normalized spacial score (nSPS) is 23.3. The molecule has 1 atom stereocenters. The second-order valence-corrected chi connectivity index (χ2v) is 4.64. The van der Waals surface area contributed by atoms with E-state index in [0.717, 1.165) is 24.4 Å². The first kappa shape index (κ1) is 11.9. The van der Waals surface area contributed by atoms with Crippen LogP contribution in [0.2, 0.25) is 0 Å². The Morgan fingerprint density at radius 2 is 2.37 bits per heavy atom. The molecule has 3 rings (SSSR count). The Morgan fingerprint density at radius 1 is 1.47 bits per heavy atom. The van der Waals surface area contributed by atoms with Crippen molar-refractivity contribution in [2.75, 3.05) is 18.0 Å². The van der Waals surface area contributed by atoms with Gasteiger partial charge in [-0.15, -0.1) is 5.10 Å². The number of carbonyl (C=O) groups excluding carboxylic acids is 1. The van der Waals surface area contributed by atoms with Gasteiger partial charge in [0.05, 0.1) is 0 Å². The predicted octanol–water partition coefficient (Wildman–Crippen LogP) is 0.172. The summed E-state index contributed by atoms with van der Waals surface area (Å²) in [6.07, 6.45) is 4.47. The molecule has 1 fully saturated rings. The van der Waals surface area contributed by atoms with Crippen molar-refractivity contribution in [3.63, 3.8) is 0 Å². The van der Waals surface area contributed by atoms with E-state index in [1.165, 1.54) is 0 Å². The maximum Gasteiger partial charge on any atom is 0.245 e. The molecule has 1 aromatic rings. The summed E-state index contributed by atoms with van der Waals surface area (Å²) >= 11 is 0. The number of rotatable bonds is 2. The minimum atomic E-state index is -0.271. The van der Waals surface area contributed by atoms with Crippen LogP contribution in [0.3, 0.4) is 0 Å². The van der Waals surface area contributed by atoms with E-state index in [4.69, 9.17) is 0 Å². The predicted molar refractivity (Wildman–Crippen MR) is 71.2 cm³/mol. The number of hydrogen-bond acceptors (Lipinski definition) is 5. The van der Waals surface area contributed by atoms with Gasteiger partial charge in [0.15, 0.2) is 5.82 Å². The molecule has 0 spiro atoms. The summed E-state index contributed by atoms with van der Waals surface area (Å²) in [6, 6.07) is 3.49. The Labute approximate surface area is 111 Å². The third-order valence-corrected chi connectivity index (χ3v) is 3.27. The number of amides is 1. The van der Waals surface area contributed by atoms with Crippen LogP contribution >= 0.6 is 0 Å². The van der Waals surface area contributed by atoms with Gasteiger partial charge < -0.3 is 10.2 Å². The molecule has 98 valence electrons. The lowest BCUT2D eigenvalue weighted by Gasteiger charge is -2.25. The zero-order valence-electron chi connectivity index (χ0n) is 10.5. The number of anilines is 1. The van der Waals surface area contributed by atoms with Crippen LogP contribution in [-0.2, 0) is 4.79 Å². The molecule has 0 saturated carbocycles. The molecule has 0 bridgehead atoms. The van der Waals surface area contributed by atoms with Crippen LogP contribution in [0.5, 0.6) is 0 Å². The summed E-state index contributed by atoms with van der Waals surface area (Å²) in [5.41, 5.74) is 1.78. The van der Waals surface area contributed by atoms with Gasteiger partial charge in [0.2, 0.25) is 5.91 Å². The Kier molecular flexibility index (Phi) is 3.00. The van der Waals surface area contributed by atoms with E-state index in [1.54, 1.807) is 6.20 Å². The van der Waals surface area contributed by atoms with Crippen molar-refractivity contribution in [3.05, 3.63) is 42.4 Å². The summed E-state index contributed by atoms with van der Waals surface area (Å²) < 4.78 is 0. The third kappa shape index (κ3) is 2.34. The van der Waals surface area contributed by atoms with Gasteiger partial charge in [0.1, 0.15) is 6.04 Å². The molecule has 2 aliphatic heterocycles. The number of nitrogens with one attached hydrogen (secondary N) is 2. The summed E-state index contributed by atoms with van der Waals surface area (Å²) in [5.74, 6) is 0.765. The van der Waals surface area contributed by atoms with Crippen molar-refractivity contribution in [2.45, 2.75) is 12.5 Å². The Morgan fingerprint density at radius 3 is 3.11 bits per heavy atom. The van der Waals surface area contributed by atoms with E-state index in [2.05, 4.69) is 27.4 Å². The Bertz CT molecular complexity index is 539. The van der Waals surface area contributed by atoms with E-state index in [1.807, 2.05) is 23.2 Å². The Hall–Kier alpha value is -2.21. The lowest BCUT2D eigenvalue weighted by Crippen LogP contribution is -2.52. The molecule has 3 heterocycles. The first-order chi connectivity index (χ1) is 9.24. The number of aromatic nitrogens is 2. The van der Waals surface area contributed by atoms with E-state index >= 15 is 0 Å². The van der Waals surface area contributed by atoms with Gasteiger partial charge in [-0.1, -0.05) is 6.58 Å². The fraction of sp³-hybridized carbons (Fsp3) is 0.308. The first-order valence-corrected chi connectivity index (χ1v) is 6.21. The molecule has 1 amide bonds. The molecule has 2 N–H and O–H groups in total. The summed E-state index contributed by atoms with van der Waals surface area (Å²) in [6.45, 7) is 5.18. The van der Waals surface area contributed by atoms with Crippen LogP contribution in [-0.4, -0.2) is 35.2 Å². The molecule has 0 aromatic carbocycles. The largest absolute Gasteiger partial charge is 0.331 e. The molecule has 0 aliphatic carbocycles. The number of carbonyl (C=O) groups is 1. The highest BCUT2D eigenvalue weighted by molar-refractivity contribution is 5.87. The van der Waals surface area contributed by atoms with Gasteiger partial charge in [0.25, 0.3) is 0 Å². The highest BCUT2D eigenvalue weighted by atomic mass is 16.2. The van der Waals surface area contributed by atoms with Crippen molar-refractivity contribution < 1.29 is 4.79 Å². The Balaban J connectivity index is 1.76. The molecule has 2 aliphatic rings. The first-order valence-electron chi connectivity index (χ1n) is 6.21. The van der Waals surface area contributed by atoms with Crippen LogP contribution in [0.4, 0.5) is 5.82 Å². The average Bonchev–Trinajstić information content (AvgIpc) is 2.89. The number of nitrogens with zero attached hydrogens (tertiary/aromatic N) is 3. The van der Waals surface area contributed by atoms with Crippen molar-refractivity contribution in [1.82, 2.24) is 20.8 Å². The molecular weight excluding hydrogens is 242 g/mol. The smallest absolute Gasteiger partial charge is 0.245 e. The standard InChI is InChI=1S/C13H15N5O/c1-9-7-14-12(13(19)16-9)10-4-6-18(8-10)11-3-2-5-15-17-11/h2-3,5,8,12,14H,1,4,6-7H2,(H,16,19). The van der Waals surface area contributed by atoms with Crippen molar-refractivity contribution in [3.8, 4) is 0 Å². The number of hydrogen-bond donors (Lipinski definition) is 2. The minimum absolute atomic E-state index is 0.0384. The van der Waals surface area contributed by atoms with E-state index in [9.17, 15) is 4.79 Å². The molecule has 1 unspecified atom stereocenters. The van der Waals surface area contributed by atoms with Crippen molar-refractivity contribution in [2.24, 2.45) is 0 Å². The molecule has 6 nitrogen and oxygen atoms in total. The van der Waals surface area contributed by atoms with Crippen LogP contribution in [0.15, 0.2) is 42.4 Å². The number of piperazine rings is 1. The van der Waals surface area contributed by atoms with E-state index in [0.29, 0.717) is 12.2 Å². The van der Waals surface area contributed by atoms with E-state index < -0.39 is 0 Å². The highest BCUT2D eigenvalue weighted by Crippen LogP contribution is 2.23. The SMILES string of the molecule is C=C1CNC(C2=CN(c3cccnn3)CC2)C(=O)N1. The summed E-state index contributed by atoms with van der Waals surface area (Å²) in [5, 5.41) is 13.9. The highest BCUT2D eigenvalue weighted by Gasteiger charge is 2.30. The zero-order chi connectivity index (χ0) is 13.2. The molecular formula is C13H15N5O. The lowest BCUT2D eigenvalue weighted by atomic mass is 10.0. The fourth-order valence-corrected chi connectivity index (χ4v) is 2.33. The molecule has 1 saturated heterocycles. The monoisotopic (exact) mass is 257 g/mol. The van der Waals surface area contributed by atoms with Gasteiger partial charge in [-0.3, -0.25) is 10.1 Å². The molecule has 1 aromatic heterocycles. The maximum absolute atomic E-state index is 11.9. The van der Waals surface area contributed by atoms with Crippen LogP contribution in [0.25, 0.3) is 0 Å². The van der Waals surface area contributed by atoms with Gasteiger partial charge in [0, 0.05) is 31.2 Å². The molecule has 0 radical (unpaired) electrons. The average molecular weight is 257 g/mol. The van der Waals surface area contributed by atoms with Gasteiger partial charge in [-0.2, -0.15) is 5.10 Å². The van der Waals surface area contributed by atoms with Gasteiger partial charge in [-0.05, 0) is 24.1 Å². The minimum Gasteiger partial charge on any atom is -0.331 e. The summed E-state index contributed by atoms with van der Waals surface area (Å²) in [7, 11) is 0. The topological polar surface area (TPSA) is 70.1 Å². The zero-order valence-corrected chi connectivity index (χ0v) is 10.5. The maximum atomic E-state index is 11.9. The second-order valence-electron chi connectivity index (χ2n) is 4.64. The molecule has 19 heavy (non-hydrogen) atoms. The summed E-state index contributed by atoms with van der Waals surface area (Å²) in [4.78, 5) is 13.9. The van der Waals surface area contributed by atoms with Crippen molar-refractivity contribution >= 4 is 11.7 Å².